The zero-order chi connectivity index (χ0) is 18.1. The molecule has 3 heteroatoms. The second kappa shape index (κ2) is 10.4. The quantitative estimate of drug-likeness (QED) is 0.262. The summed E-state index contributed by atoms with van der Waals surface area (Å²) >= 11 is 0. The van der Waals surface area contributed by atoms with Gasteiger partial charge in [0.2, 0.25) is 0 Å². The van der Waals surface area contributed by atoms with Crippen molar-refractivity contribution >= 4 is 5.97 Å². The van der Waals surface area contributed by atoms with Crippen LogP contribution in [-0.2, 0) is 14.3 Å². The highest BCUT2D eigenvalue weighted by molar-refractivity contribution is 5.88. The Morgan fingerprint density at radius 2 is 1.80 bits per heavy atom. The van der Waals surface area contributed by atoms with Crippen LogP contribution in [0.5, 0.6) is 0 Å². The highest BCUT2D eigenvalue weighted by atomic mass is 16.5. The van der Waals surface area contributed by atoms with Gasteiger partial charge in [-0.25, -0.2) is 4.79 Å². The zero-order valence-electron chi connectivity index (χ0n) is 16.6. The van der Waals surface area contributed by atoms with Crippen LogP contribution in [0.2, 0.25) is 0 Å². The molecule has 25 heavy (non-hydrogen) atoms. The van der Waals surface area contributed by atoms with E-state index in [2.05, 4.69) is 19.9 Å². The maximum Gasteiger partial charge on any atom is 0.333 e. The molecule has 2 aliphatic rings. The van der Waals surface area contributed by atoms with Crippen LogP contribution < -0.4 is 0 Å². The van der Waals surface area contributed by atoms with Crippen LogP contribution in [0.4, 0.5) is 0 Å². The largest absolute Gasteiger partial charge is 0.462 e. The van der Waals surface area contributed by atoms with Gasteiger partial charge in [0.15, 0.2) is 0 Å². The minimum atomic E-state index is -0.203. The van der Waals surface area contributed by atoms with Gasteiger partial charge in [-0.3, -0.25) is 0 Å². The van der Waals surface area contributed by atoms with Gasteiger partial charge >= 0.3 is 5.97 Å². The molecule has 0 N–H and O–H groups in total. The Morgan fingerprint density at radius 3 is 2.52 bits per heavy atom. The summed E-state index contributed by atoms with van der Waals surface area (Å²) in [6.45, 7) is 6.86. The Labute approximate surface area is 154 Å². The minimum absolute atomic E-state index is 0.158. The Balaban J connectivity index is 1.92. The molecule has 0 spiro atoms. The minimum Gasteiger partial charge on any atom is -0.462 e. The number of carbonyl (C=O) groups excluding carboxylic acids is 1. The number of fused-ring (bicyclic) bond motifs is 1. The van der Waals surface area contributed by atoms with Crippen LogP contribution >= 0.6 is 0 Å². The lowest BCUT2D eigenvalue weighted by Crippen LogP contribution is -2.60. The maximum absolute atomic E-state index is 12.3. The Hall–Kier alpha value is -0.830. The van der Waals surface area contributed by atoms with E-state index in [4.69, 9.17) is 9.47 Å². The van der Waals surface area contributed by atoms with Crippen molar-refractivity contribution in [3.8, 4) is 0 Å². The van der Waals surface area contributed by atoms with Gasteiger partial charge in [0.1, 0.15) is 0 Å². The van der Waals surface area contributed by atoms with Gasteiger partial charge in [0.05, 0.1) is 18.3 Å². The lowest BCUT2D eigenvalue weighted by Gasteiger charge is -2.56. The van der Waals surface area contributed by atoms with Crippen molar-refractivity contribution in [3.05, 3.63) is 11.6 Å². The SMILES string of the molecule is CCCCCCOC(=O)/C(C)=C/C1(CCCCC)OC2CCCCC21. The molecule has 0 aromatic rings. The summed E-state index contributed by atoms with van der Waals surface area (Å²) in [5.41, 5.74) is 0.530. The van der Waals surface area contributed by atoms with Crippen molar-refractivity contribution in [3.63, 3.8) is 0 Å². The molecule has 0 radical (unpaired) electrons. The van der Waals surface area contributed by atoms with E-state index >= 15 is 0 Å². The van der Waals surface area contributed by atoms with Crippen molar-refractivity contribution in [1.82, 2.24) is 0 Å². The molecular formula is C22H38O3. The van der Waals surface area contributed by atoms with Gasteiger partial charge in [-0.1, -0.05) is 65.2 Å². The van der Waals surface area contributed by atoms with E-state index in [0.717, 1.165) is 24.8 Å². The summed E-state index contributed by atoms with van der Waals surface area (Å²) in [6, 6.07) is 0. The number of carbonyl (C=O) groups is 1. The normalized spacial score (nSPS) is 29.0. The van der Waals surface area contributed by atoms with Gasteiger partial charge in [-0.05, 0) is 38.7 Å². The van der Waals surface area contributed by atoms with E-state index in [-0.39, 0.29) is 11.6 Å². The number of hydrogen-bond acceptors (Lipinski definition) is 3. The van der Waals surface area contributed by atoms with E-state index in [0.29, 0.717) is 18.6 Å². The molecule has 0 amide bonds. The van der Waals surface area contributed by atoms with Gasteiger partial charge < -0.3 is 9.47 Å². The van der Waals surface area contributed by atoms with Crippen LogP contribution in [0.15, 0.2) is 11.6 Å². The second-order valence-electron chi connectivity index (χ2n) is 7.98. The smallest absolute Gasteiger partial charge is 0.333 e. The summed E-state index contributed by atoms with van der Waals surface area (Å²) in [5.74, 6) is 0.444. The van der Waals surface area contributed by atoms with Gasteiger partial charge in [-0.2, -0.15) is 0 Å². The van der Waals surface area contributed by atoms with Crippen molar-refractivity contribution < 1.29 is 14.3 Å². The maximum atomic E-state index is 12.3. The van der Waals surface area contributed by atoms with Crippen LogP contribution in [0.3, 0.4) is 0 Å². The van der Waals surface area contributed by atoms with Crippen molar-refractivity contribution in [2.75, 3.05) is 6.61 Å². The molecule has 3 unspecified atom stereocenters. The molecule has 0 aromatic carbocycles. The van der Waals surface area contributed by atoms with Gasteiger partial charge in [-0.15, -0.1) is 0 Å². The van der Waals surface area contributed by atoms with E-state index in [1.54, 1.807) is 0 Å². The molecular weight excluding hydrogens is 312 g/mol. The Kier molecular flexibility index (Phi) is 8.48. The average molecular weight is 351 g/mol. The third-order valence-electron chi connectivity index (χ3n) is 5.89. The molecule has 144 valence electrons. The van der Waals surface area contributed by atoms with Crippen LogP contribution in [-0.4, -0.2) is 24.3 Å². The summed E-state index contributed by atoms with van der Waals surface area (Å²) in [6.07, 6.45) is 16.7. The van der Waals surface area contributed by atoms with Gasteiger partial charge in [0, 0.05) is 11.5 Å². The first-order valence-corrected chi connectivity index (χ1v) is 10.7. The fraction of sp³-hybridized carbons (Fsp3) is 0.864. The number of unbranched alkanes of at least 4 members (excludes halogenated alkanes) is 5. The second-order valence-corrected chi connectivity index (χ2v) is 7.98. The van der Waals surface area contributed by atoms with Crippen LogP contribution in [0.25, 0.3) is 0 Å². The topological polar surface area (TPSA) is 35.5 Å². The molecule has 3 atom stereocenters. The standard InChI is InChI=1S/C22H38O3/c1-4-6-8-12-16-24-21(23)18(3)17-22(15-11-7-5-2)19-13-9-10-14-20(19)25-22/h17,19-20H,4-16H2,1-3H3/b18-17+. The number of esters is 1. The monoisotopic (exact) mass is 350 g/mol. The molecule has 2 fully saturated rings. The molecule has 1 saturated heterocycles. The van der Waals surface area contributed by atoms with Crippen molar-refractivity contribution in [1.29, 1.82) is 0 Å². The predicted molar refractivity (Wildman–Crippen MR) is 103 cm³/mol. The fourth-order valence-electron chi connectivity index (χ4n) is 4.44. The molecule has 0 bridgehead atoms. The molecule has 1 aliphatic carbocycles. The summed E-state index contributed by atoms with van der Waals surface area (Å²) in [4.78, 5) is 12.3. The highest BCUT2D eigenvalue weighted by Crippen LogP contribution is 2.51. The number of hydrogen-bond donors (Lipinski definition) is 0. The summed E-state index contributed by atoms with van der Waals surface area (Å²) < 4.78 is 11.8. The van der Waals surface area contributed by atoms with Crippen molar-refractivity contribution in [2.24, 2.45) is 5.92 Å². The number of rotatable bonds is 11. The predicted octanol–water partition coefficient (Wildman–Crippen LogP) is 5.96. The first kappa shape index (κ1) is 20.5. The Bertz CT molecular complexity index is 443. The van der Waals surface area contributed by atoms with Gasteiger partial charge in [0.25, 0.3) is 0 Å². The molecule has 2 rings (SSSR count). The van der Waals surface area contributed by atoms with E-state index in [1.807, 2.05) is 6.92 Å². The Morgan fingerprint density at radius 1 is 1.08 bits per heavy atom. The molecule has 1 saturated carbocycles. The first-order chi connectivity index (χ1) is 12.1. The molecule has 1 aliphatic heterocycles. The van der Waals surface area contributed by atoms with E-state index < -0.39 is 0 Å². The molecule has 0 aromatic heterocycles. The third kappa shape index (κ3) is 5.57. The average Bonchev–Trinajstić information content (AvgIpc) is 2.60. The molecule has 1 heterocycles. The zero-order valence-corrected chi connectivity index (χ0v) is 16.6. The van der Waals surface area contributed by atoms with E-state index in [1.165, 1.54) is 57.8 Å². The fourth-order valence-corrected chi connectivity index (χ4v) is 4.44. The number of ether oxygens (including phenoxy) is 2. The third-order valence-corrected chi connectivity index (χ3v) is 5.89. The van der Waals surface area contributed by atoms with Crippen LogP contribution in [0, 0.1) is 5.92 Å². The summed E-state index contributed by atoms with van der Waals surface area (Å²) in [5, 5.41) is 0. The van der Waals surface area contributed by atoms with E-state index in [9.17, 15) is 4.79 Å². The first-order valence-electron chi connectivity index (χ1n) is 10.7. The lowest BCUT2D eigenvalue weighted by atomic mass is 9.67. The molecule has 3 nitrogen and oxygen atoms in total. The summed E-state index contributed by atoms with van der Waals surface area (Å²) in [7, 11) is 0. The lowest BCUT2D eigenvalue weighted by molar-refractivity contribution is -0.251. The van der Waals surface area contributed by atoms with Crippen LogP contribution in [0.1, 0.15) is 97.8 Å². The van der Waals surface area contributed by atoms with Crippen molar-refractivity contribution in [2.45, 2.75) is 110 Å². The highest BCUT2D eigenvalue weighted by Gasteiger charge is 2.53.